The quantitative estimate of drug-likeness (QED) is 0.0846. The van der Waals surface area contributed by atoms with Gasteiger partial charge in [0.1, 0.15) is 5.82 Å². The predicted molar refractivity (Wildman–Crippen MR) is 221 cm³/mol. The van der Waals surface area contributed by atoms with Crippen LogP contribution in [0.4, 0.5) is 32.8 Å². The number of hydrogen-bond donors (Lipinski definition) is 1. The fraction of sp³-hybridized carbons (Fsp3) is 0.268. The molecule has 57 heavy (non-hydrogen) atoms. The number of phenolic OH excluding ortho intramolecular Hbond substituents is 1. The van der Waals surface area contributed by atoms with Crippen molar-refractivity contribution in [2.45, 2.75) is 28.5 Å². The molecule has 6 atom stereocenters. The van der Waals surface area contributed by atoms with E-state index < -0.39 is 62.9 Å². The van der Waals surface area contributed by atoms with Crippen LogP contribution in [0.5, 0.6) is 11.5 Å². The second-order valence-electron chi connectivity index (χ2n) is 14.5. The Morgan fingerprint density at radius 2 is 1.40 bits per heavy atom. The van der Waals surface area contributed by atoms with Gasteiger partial charge in [-0.2, -0.15) is 10.2 Å². The van der Waals surface area contributed by atoms with Crippen molar-refractivity contribution in [1.29, 1.82) is 0 Å². The van der Waals surface area contributed by atoms with Crippen LogP contribution >= 0.6 is 55.1 Å². The zero-order chi connectivity index (χ0) is 40.7. The van der Waals surface area contributed by atoms with Crippen LogP contribution in [0.25, 0.3) is 0 Å². The van der Waals surface area contributed by atoms with Crippen LogP contribution < -0.4 is 19.4 Å². The highest BCUT2D eigenvalue weighted by molar-refractivity contribution is 9.13. The lowest BCUT2D eigenvalue weighted by molar-refractivity contribution is -0.125. The summed E-state index contributed by atoms with van der Waals surface area (Å²) in [4.78, 5) is 57.7. The number of carbonyl (C=O) groups is 4. The summed E-state index contributed by atoms with van der Waals surface area (Å²) in [5.74, 6) is -7.18. The fourth-order valence-corrected chi connectivity index (χ4v) is 10.5. The zero-order valence-electron chi connectivity index (χ0n) is 30.4. The number of imide groups is 2. The second-order valence-corrected chi connectivity index (χ2v) is 17.4. The third kappa shape index (κ3) is 5.92. The Morgan fingerprint density at radius 1 is 0.825 bits per heavy atom. The molecular formula is C41H32Br2Cl2FN5O6. The smallest absolute Gasteiger partial charge is 0.258 e. The van der Waals surface area contributed by atoms with Gasteiger partial charge in [0.25, 0.3) is 11.8 Å². The van der Waals surface area contributed by atoms with Crippen LogP contribution in [0.15, 0.2) is 110 Å². The number of ether oxygens (including phenoxy) is 1. The SMILES string of the molecule is COc1cc([C@H]2C3=CC[C@@H]4C(=O)N(c5ccc(N=Nc6ccc(N(C)C)cc6)cc5)C(=O)[C@@H]4[C@@H]3C[C@@]3(Cl)C(=O)N(c4ccc(F)cc4)C(=O)[C@@]23Cl)c(Br)c(Br)c1O. The van der Waals surface area contributed by atoms with Gasteiger partial charge in [0.15, 0.2) is 21.2 Å². The number of fused-ring (bicyclic) bond motifs is 4. The molecule has 1 saturated carbocycles. The van der Waals surface area contributed by atoms with Crippen molar-refractivity contribution in [2.24, 2.45) is 28.0 Å². The van der Waals surface area contributed by atoms with Gasteiger partial charge in [-0.1, -0.05) is 11.6 Å². The number of hydrogen-bond acceptors (Lipinski definition) is 9. The molecule has 0 spiro atoms. The molecule has 0 aromatic heterocycles. The number of allylic oxidation sites excluding steroid dienone is 2. The lowest BCUT2D eigenvalue weighted by Gasteiger charge is -2.51. The molecule has 4 amide bonds. The Balaban J connectivity index is 1.18. The Kier molecular flexibility index (Phi) is 9.86. The standard InChI is InChI=1S/C41H32Br2Cl2FN5O6/c1-49(2)23-12-6-21(7-13-23)47-48-22-8-14-24(15-9-22)50-36(53)27-17-16-26-29(31(27)37(50)54)19-40(44)38(55)51(25-10-4-20(46)5-11-25)39(56)41(40,45)32(26)28-18-30(57-3)35(52)34(43)33(28)42/h4-16,18,27,29,31-32,52H,17,19H2,1-3H3/t27-,29+,31-,32+,40+,41-/m0/s1. The Hall–Kier alpha value is -4.63. The summed E-state index contributed by atoms with van der Waals surface area (Å²) >= 11 is 22.0. The maximum absolute atomic E-state index is 14.7. The van der Waals surface area contributed by atoms with Crippen molar-refractivity contribution in [3.63, 3.8) is 0 Å². The first-order valence-corrected chi connectivity index (χ1v) is 20.1. The van der Waals surface area contributed by atoms with Gasteiger partial charge in [0, 0.05) is 30.2 Å². The molecule has 2 heterocycles. The Morgan fingerprint density at radius 3 is 2.00 bits per heavy atom. The molecule has 4 aromatic carbocycles. The minimum atomic E-state index is -2.19. The minimum Gasteiger partial charge on any atom is -0.503 e. The molecule has 8 rings (SSSR count). The number of alkyl halides is 2. The largest absolute Gasteiger partial charge is 0.503 e. The molecule has 3 fully saturated rings. The normalized spacial score (nSPS) is 26.8. The van der Waals surface area contributed by atoms with Crippen molar-refractivity contribution in [2.75, 3.05) is 35.9 Å². The van der Waals surface area contributed by atoms with E-state index in [2.05, 4.69) is 42.1 Å². The first kappa shape index (κ1) is 39.2. The number of amides is 4. The van der Waals surface area contributed by atoms with Crippen LogP contribution in [-0.2, 0) is 19.2 Å². The zero-order valence-corrected chi connectivity index (χ0v) is 35.1. The van der Waals surface area contributed by atoms with Crippen LogP contribution in [0.1, 0.15) is 24.3 Å². The molecule has 4 aromatic rings. The molecule has 0 radical (unpaired) electrons. The summed E-state index contributed by atoms with van der Waals surface area (Å²) in [6, 6.07) is 20.4. The van der Waals surface area contributed by atoms with Gasteiger partial charge in [-0.05, 0) is 135 Å². The lowest BCUT2D eigenvalue weighted by atomic mass is 9.56. The average Bonchev–Trinajstić information content (AvgIpc) is 3.54. The number of rotatable bonds is 7. The van der Waals surface area contributed by atoms with Crippen LogP contribution in [0.3, 0.4) is 0 Å². The van der Waals surface area contributed by atoms with Gasteiger partial charge >= 0.3 is 0 Å². The monoisotopic (exact) mass is 937 g/mol. The van der Waals surface area contributed by atoms with Crippen molar-refractivity contribution in [3.8, 4) is 11.5 Å². The van der Waals surface area contributed by atoms with E-state index >= 15 is 0 Å². The summed E-state index contributed by atoms with van der Waals surface area (Å²) in [5, 5.41) is 19.5. The van der Waals surface area contributed by atoms with Crippen molar-refractivity contribution in [1.82, 2.24) is 0 Å². The highest BCUT2D eigenvalue weighted by Gasteiger charge is 2.77. The number of azo groups is 1. The topological polar surface area (TPSA) is 132 Å². The number of anilines is 3. The fourth-order valence-electron chi connectivity index (χ4n) is 8.58. The summed E-state index contributed by atoms with van der Waals surface area (Å²) in [6.45, 7) is 0. The maximum atomic E-state index is 14.7. The van der Waals surface area contributed by atoms with E-state index in [1.165, 1.54) is 25.3 Å². The molecule has 2 aliphatic heterocycles. The first-order valence-electron chi connectivity index (χ1n) is 17.8. The number of benzene rings is 4. The molecular weight excluding hydrogens is 908 g/mol. The van der Waals surface area contributed by atoms with E-state index in [9.17, 15) is 28.7 Å². The molecule has 0 bridgehead atoms. The Labute approximate surface area is 353 Å². The third-order valence-corrected chi connectivity index (χ3v) is 14.9. The van der Waals surface area contributed by atoms with Gasteiger partial charge < -0.3 is 14.7 Å². The molecule has 292 valence electrons. The molecule has 0 unspecified atom stereocenters. The van der Waals surface area contributed by atoms with Gasteiger partial charge in [0.2, 0.25) is 11.8 Å². The predicted octanol–water partition coefficient (Wildman–Crippen LogP) is 9.31. The number of methoxy groups -OCH3 is 1. The summed E-state index contributed by atoms with van der Waals surface area (Å²) in [5.41, 5.74) is 3.43. The van der Waals surface area contributed by atoms with Gasteiger partial charge in [-0.15, -0.1) is 23.2 Å². The lowest BCUT2D eigenvalue weighted by Crippen LogP contribution is -2.60. The average molecular weight is 940 g/mol. The molecule has 4 aliphatic rings. The Bertz CT molecular complexity index is 2430. The summed E-state index contributed by atoms with van der Waals surface area (Å²) in [6.07, 6.45) is 1.67. The third-order valence-electron chi connectivity index (χ3n) is 11.4. The maximum Gasteiger partial charge on any atom is 0.258 e. The van der Waals surface area contributed by atoms with Crippen LogP contribution in [-0.4, -0.2) is 59.7 Å². The summed E-state index contributed by atoms with van der Waals surface area (Å²) < 4.78 is 20.0. The number of halogens is 5. The number of aromatic hydroxyl groups is 1. The van der Waals surface area contributed by atoms with E-state index in [4.69, 9.17) is 27.9 Å². The van der Waals surface area contributed by atoms with E-state index in [1.54, 1.807) is 30.3 Å². The number of carbonyl (C=O) groups excluding carboxylic acids is 4. The molecule has 11 nitrogen and oxygen atoms in total. The number of nitrogens with zero attached hydrogens (tertiary/aromatic N) is 5. The van der Waals surface area contributed by atoms with Crippen molar-refractivity contribution >= 4 is 107 Å². The summed E-state index contributed by atoms with van der Waals surface area (Å²) in [7, 11) is 5.24. The van der Waals surface area contributed by atoms with Crippen molar-refractivity contribution < 1.29 is 33.4 Å². The van der Waals surface area contributed by atoms with E-state index in [0.717, 1.165) is 27.6 Å². The molecule has 1 N–H and O–H groups in total. The van der Waals surface area contributed by atoms with Gasteiger partial charge in [-0.3, -0.25) is 24.1 Å². The van der Waals surface area contributed by atoms with Crippen molar-refractivity contribution in [3.05, 3.63) is 111 Å². The van der Waals surface area contributed by atoms with Crippen LogP contribution in [0.2, 0.25) is 0 Å². The second kappa shape index (κ2) is 14.3. The van der Waals surface area contributed by atoms with Crippen LogP contribution in [0, 0.1) is 23.6 Å². The van der Waals surface area contributed by atoms with E-state index in [1.807, 2.05) is 43.3 Å². The van der Waals surface area contributed by atoms with E-state index in [0.29, 0.717) is 32.7 Å². The number of phenols is 1. The van der Waals surface area contributed by atoms with E-state index in [-0.39, 0.29) is 34.5 Å². The minimum absolute atomic E-state index is 0.0348. The first-order chi connectivity index (χ1) is 27.1. The highest BCUT2D eigenvalue weighted by atomic mass is 79.9. The van der Waals surface area contributed by atoms with Gasteiger partial charge in [0.05, 0.1) is 46.2 Å². The van der Waals surface area contributed by atoms with Gasteiger partial charge in [-0.25, -0.2) is 9.29 Å². The molecule has 2 aliphatic carbocycles. The molecule has 2 saturated heterocycles. The highest BCUT2D eigenvalue weighted by Crippen LogP contribution is 2.67. The molecule has 16 heteroatoms.